The molecule has 5 nitrogen and oxygen atoms in total. The Morgan fingerprint density at radius 2 is 1.71 bits per heavy atom. The Labute approximate surface area is 201 Å². The highest BCUT2D eigenvalue weighted by Gasteiger charge is 2.19. The Morgan fingerprint density at radius 3 is 2.38 bits per heavy atom. The Balaban J connectivity index is 1.49. The second-order valence-corrected chi connectivity index (χ2v) is 9.03. The van der Waals surface area contributed by atoms with Gasteiger partial charge in [-0.2, -0.15) is 0 Å². The molecule has 0 radical (unpaired) electrons. The molecule has 1 fully saturated rings. The number of anilines is 1. The molecule has 4 rings (SSSR count). The molecule has 3 aromatic rings. The summed E-state index contributed by atoms with van der Waals surface area (Å²) in [6.07, 6.45) is 2.49. The Bertz CT molecular complexity index is 1120. The largest absolute Gasteiger partial charge is 0.376 e. The van der Waals surface area contributed by atoms with Crippen molar-refractivity contribution in [2.45, 2.75) is 45.8 Å². The van der Waals surface area contributed by atoms with Crippen LogP contribution in [0.2, 0.25) is 0 Å². The number of amides is 2. The molecule has 1 saturated heterocycles. The minimum absolute atomic E-state index is 0.0180. The van der Waals surface area contributed by atoms with Gasteiger partial charge in [0.05, 0.1) is 19.1 Å². The van der Waals surface area contributed by atoms with Gasteiger partial charge in [0, 0.05) is 24.4 Å². The van der Waals surface area contributed by atoms with E-state index in [4.69, 9.17) is 4.74 Å². The molecule has 34 heavy (non-hydrogen) atoms. The number of ether oxygens (including phenoxy) is 1. The highest BCUT2D eigenvalue weighted by Crippen LogP contribution is 2.22. The molecule has 1 aliphatic rings. The second-order valence-electron chi connectivity index (χ2n) is 9.03. The Kier molecular flexibility index (Phi) is 7.76. The minimum Gasteiger partial charge on any atom is -0.376 e. The molecule has 5 heteroatoms. The molecule has 2 amide bonds. The van der Waals surface area contributed by atoms with Crippen molar-refractivity contribution in [3.05, 3.63) is 101 Å². The monoisotopic (exact) mass is 456 g/mol. The Hall–Kier alpha value is -3.44. The third-order valence-electron chi connectivity index (χ3n) is 6.13. The van der Waals surface area contributed by atoms with Crippen molar-refractivity contribution in [1.29, 1.82) is 0 Å². The fourth-order valence-corrected chi connectivity index (χ4v) is 4.20. The zero-order valence-electron chi connectivity index (χ0n) is 19.9. The van der Waals surface area contributed by atoms with Crippen molar-refractivity contribution in [3.8, 4) is 0 Å². The number of rotatable bonds is 8. The first kappa shape index (κ1) is 23.7. The Morgan fingerprint density at radius 1 is 0.941 bits per heavy atom. The zero-order valence-corrected chi connectivity index (χ0v) is 19.9. The molecule has 0 spiro atoms. The lowest BCUT2D eigenvalue weighted by Gasteiger charge is -2.24. The van der Waals surface area contributed by atoms with Gasteiger partial charge in [-0.1, -0.05) is 59.7 Å². The van der Waals surface area contributed by atoms with Gasteiger partial charge in [-0.05, 0) is 62.1 Å². The van der Waals surface area contributed by atoms with Crippen LogP contribution in [0.3, 0.4) is 0 Å². The molecule has 1 unspecified atom stereocenters. The lowest BCUT2D eigenvalue weighted by Crippen LogP contribution is -2.32. The predicted octanol–water partition coefficient (Wildman–Crippen LogP) is 4.99. The lowest BCUT2D eigenvalue weighted by molar-refractivity contribution is -0.120. The molecule has 1 heterocycles. The number of benzene rings is 3. The number of nitrogens with one attached hydrogen (secondary N) is 1. The third kappa shape index (κ3) is 6.33. The fourth-order valence-electron chi connectivity index (χ4n) is 4.20. The van der Waals surface area contributed by atoms with E-state index >= 15 is 0 Å². The van der Waals surface area contributed by atoms with Crippen molar-refractivity contribution < 1.29 is 14.3 Å². The first-order valence-corrected chi connectivity index (χ1v) is 11.9. The van der Waals surface area contributed by atoms with E-state index in [1.165, 1.54) is 0 Å². The van der Waals surface area contributed by atoms with Crippen LogP contribution in [-0.4, -0.2) is 31.1 Å². The summed E-state index contributed by atoms with van der Waals surface area (Å²) in [6.45, 7) is 5.87. The predicted molar refractivity (Wildman–Crippen MR) is 135 cm³/mol. The maximum atomic E-state index is 13.5. The maximum absolute atomic E-state index is 13.5. The van der Waals surface area contributed by atoms with Crippen LogP contribution in [0, 0.1) is 13.8 Å². The number of hydrogen-bond acceptors (Lipinski definition) is 3. The zero-order chi connectivity index (χ0) is 23.9. The molecule has 1 aliphatic heterocycles. The molecular formula is C29H32N2O3. The number of nitrogens with zero attached hydrogens (tertiary/aromatic N) is 1. The van der Waals surface area contributed by atoms with Crippen molar-refractivity contribution in [2.75, 3.05) is 18.1 Å². The lowest BCUT2D eigenvalue weighted by atomic mass is 10.1. The van der Waals surface area contributed by atoms with Gasteiger partial charge in [0.15, 0.2) is 0 Å². The molecule has 0 aliphatic carbocycles. The van der Waals surface area contributed by atoms with E-state index in [-0.39, 0.29) is 17.9 Å². The average molecular weight is 457 g/mol. The van der Waals surface area contributed by atoms with Crippen LogP contribution in [0.4, 0.5) is 5.69 Å². The number of hydrogen-bond donors (Lipinski definition) is 1. The van der Waals surface area contributed by atoms with E-state index in [1.807, 2.05) is 80.6 Å². The van der Waals surface area contributed by atoms with E-state index in [1.54, 1.807) is 4.90 Å². The summed E-state index contributed by atoms with van der Waals surface area (Å²) >= 11 is 0. The van der Waals surface area contributed by atoms with Crippen LogP contribution in [0.25, 0.3) is 0 Å². The third-order valence-corrected chi connectivity index (χ3v) is 6.13. The van der Waals surface area contributed by atoms with Gasteiger partial charge in [-0.15, -0.1) is 0 Å². The van der Waals surface area contributed by atoms with Crippen LogP contribution in [0.1, 0.15) is 45.5 Å². The average Bonchev–Trinajstić information content (AvgIpc) is 3.36. The molecule has 176 valence electrons. The molecule has 0 bridgehead atoms. The summed E-state index contributed by atoms with van der Waals surface area (Å²) in [5, 5.41) is 2.96. The quantitative estimate of drug-likeness (QED) is 0.520. The summed E-state index contributed by atoms with van der Waals surface area (Å²) in [6, 6.07) is 23.5. The topological polar surface area (TPSA) is 58.6 Å². The van der Waals surface area contributed by atoms with E-state index in [0.717, 1.165) is 47.4 Å². The molecule has 3 aromatic carbocycles. The maximum Gasteiger partial charge on any atom is 0.258 e. The molecular weight excluding hydrogens is 424 g/mol. The summed E-state index contributed by atoms with van der Waals surface area (Å²) in [5.74, 6) is -0.0702. The van der Waals surface area contributed by atoms with Crippen molar-refractivity contribution in [1.82, 2.24) is 5.32 Å². The summed E-state index contributed by atoms with van der Waals surface area (Å²) < 4.78 is 5.56. The van der Waals surface area contributed by atoms with Gasteiger partial charge in [-0.25, -0.2) is 0 Å². The molecule has 0 aromatic heterocycles. The van der Waals surface area contributed by atoms with Crippen molar-refractivity contribution in [3.63, 3.8) is 0 Å². The first-order valence-electron chi connectivity index (χ1n) is 11.9. The highest BCUT2D eigenvalue weighted by molar-refractivity contribution is 6.06. The van der Waals surface area contributed by atoms with Crippen molar-refractivity contribution >= 4 is 17.5 Å². The van der Waals surface area contributed by atoms with Gasteiger partial charge < -0.3 is 15.0 Å². The van der Waals surface area contributed by atoms with Crippen molar-refractivity contribution in [2.24, 2.45) is 0 Å². The number of carbonyl (C=O) groups is 2. The normalized spacial score (nSPS) is 15.2. The van der Waals surface area contributed by atoms with Crippen LogP contribution in [0.15, 0.2) is 72.8 Å². The standard InChI is InChI=1S/C29H32N2O3/c1-21-8-12-25(13-9-21)29(33)31(20-24-6-3-5-22(2)17-24)26-14-10-23(11-15-26)18-28(32)30-19-27-7-4-16-34-27/h3,5-6,8-15,17,27H,4,7,16,18-20H2,1-2H3,(H,30,32). The van der Waals surface area contributed by atoms with E-state index in [2.05, 4.69) is 11.4 Å². The fraction of sp³-hybridized carbons (Fsp3) is 0.310. The van der Waals surface area contributed by atoms with Gasteiger partial charge in [0.25, 0.3) is 5.91 Å². The molecule has 1 atom stereocenters. The van der Waals surface area contributed by atoms with Crippen LogP contribution < -0.4 is 10.2 Å². The van der Waals surface area contributed by atoms with Gasteiger partial charge in [0.1, 0.15) is 0 Å². The second kappa shape index (κ2) is 11.1. The van der Waals surface area contributed by atoms with Gasteiger partial charge >= 0.3 is 0 Å². The van der Waals surface area contributed by atoms with Gasteiger partial charge in [0.2, 0.25) is 5.91 Å². The van der Waals surface area contributed by atoms with Crippen LogP contribution >= 0.6 is 0 Å². The number of carbonyl (C=O) groups excluding carboxylic acids is 2. The van der Waals surface area contributed by atoms with Crippen LogP contribution in [-0.2, 0) is 22.5 Å². The molecule has 1 N–H and O–H groups in total. The minimum atomic E-state index is -0.0523. The first-order chi connectivity index (χ1) is 16.5. The van der Waals surface area contributed by atoms with E-state index < -0.39 is 0 Å². The summed E-state index contributed by atoms with van der Waals surface area (Å²) in [7, 11) is 0. The van der Waals surface area contributed by atoms with E-state index in [9.17, 15) is 9.59 Å². The SMILES string of the molecule is Cc1ccc(C(=O)N(Cc2cccc(C)c2)c2ccc(CC(=O)NCC3CCCO3)cc2)cc1. The van der Waals surface area contributed by atoms with Crippen LogP contribution in [0.5, 0.6) is 0 Å². The summed E-state index contributed by atoms with van der Waals surface area (Å²) in [4.78, 5) is 27.6. The van der Waals surface area contributed by atoms with Gasteiger partial charge in [-0.3, -0.25) is 9.59 Å². The van der Waals surface area contributed by atoms with E-state index in [0.29, 0.717) is 25.1 Å². The summed E-state index contributed by atoms with van der Waals surface area (Å²) in [5.41, 5.74) is 5.70. The number of aryl methyl sites for hydroxylation is 2. The highest BCUT2D eigenvalue weighted by atomic mass is 16.5. The smallest absolute Gasteiger partial charge is 0.258 e. The molecule has 0 saturated carbocycles.